The maximum Gasteiger partial charge on any atom is 0.266 e. The van der Waals surface area contributed by atoms with Gasteiger partial charge in [0.1, 0.15) is 5.75 Å². The van der Waals surface area contributed by atoms with Crippen LogP contribution in [0.4, 0.5) is 5.13 Å². The Labute approximate surface area is 147 Å². The van der Waals surface area contributed by atoms with Crippen LogP contribution < -0.4 is 10.1 Å². The lowest BCUT2D eigenvalue weighted by molar-refractivity contribution is -0.122. The molecule has 0 saturated carbocycles. The van der Waals surface area contributed by atoms with E-state index in [2.05, 4.69) is 16.4 Å². The second-order valence-electron chi connectivity index (χ2n) is 4.54. The number of benzene rings is 1. The Bertz CT molecular complexity index is 725. The number of nitriles is 1. The molecule has 5 nitrogen and oxygen atoms in total. The lowest BCUT2D eigenvalue weighted by Gasteiger charge is -2.13. The van der Waals surface area contributed by atoms with Gasteiger partial charge in [0, 0.05) is 5.02 Å². The number of aromatic nitrogens is 1. The van der Waals surface area contributed by atoms with Crippen LogP contribution in [0.15, 0.2) is 28.5 Å². The summed E-state index contributed by atoms with van der Waals surface area (Å²) >= 11 is 8.56. The number of nitrogens with zero attached hydrogens (tertiary/aromatic N) is 2. The van der Waals surface area contributed by atoms with Gasteiger partial charge in [0.25, 0.3) is 5.91 Å². The molecule has 0 aliphatic rings. The van der Waals surface area contributed by atoms with Crippen LogP contribution in [-0.4, -0.2) is 22.7 Å². The van der Waals surface area contributed by atoms with E-state index in [0.29, 0.717) is 21.7 Å². The molecule has 0 bridgehead atoms. The smallest absolute Gasteiger partial charge is 0.266 e. The number of aryl methyl sites for hydroxylation is 1. The number of thioether (sulfide) groups is 1. The third kappa shape index (κ3) is 5.13. The number of hydrogen-bond acceptors (Lipinski definition) is 6. The molecular formula is C15H14ClN3O2S2. The zero-order chi connectivity index (χ0) is 16.8. The van der Waals surface area contributed by atoms with E-state index in [0.717, 1.165) is 9.90 Å². The van der Waals surface area contributed by atoms with Gasteiger partial charge in [-0.15, -0.1) is 0 Å². The molecule has 1 N–H and O–H groups in total. The number of thiazole rings is 1. The maximum absolute atomic E-state index is 12.2. The normalized spacial score (nSPS) is 11.6. The van der Waals surface area contributed by atoms with Gasteiger partial charge in [-0.3, -0.25) is 10.1 Å². The third-order valence-electron chi connectivity index (χ3n) is 2.75. The molecule has 0 fully saturated rings. The van der Waals surface area contributed by atoms with Crippen molar-refractivity contribution in [2.24, 2.45) is 0 Å². The molecule has 1 aromatic carbocycles. The number of halogens is 1. The fourth-order valence-electron chi connectivity index (χ4n) is 1.65. The molecule has 1 heterocycles. The molecule has 0 aliphatic carbocycles. The molecule has 2 aromatic rings. The van der Waals surface area contributed by atoms with E-state index in [1.165, 1.54) is 23.1 Å². The second-order valence-corrected chi connectivity index (χ2v) is 7.22. The van der Waals surface area contributed by atoms with E-state index < -0.39 is 6.10 Å². The predicted octanol–water partition coefficient (Wildman–Crippen LogP) is 4.13. The topological polar surface area (TPSA) is 75.0 Å². The van der Waals surface area contributed by atoms with Crippen LogP contribution in [0.25, 0.3) is 0 Å². The number of carbonyl (C=O) groups is 1. The minimum absolute atomic E-state index is 0.287. The molecule has 0 saturated heterocycles. The number of hydrogen-bond donors (Lipinski definition) is 1. The number of ether oxygens (including phenoxy) is 1. The molecule has 1 amide bonds. The lowest BCUT2D eigenvalue weighted by Crippen LogP contribution is -2.30. The molecule has 1 atom stereocenters. The summed E-state index contributed by atoms with van der Waals surface area (Å²) in [5.41, 5.74) is 0.803. The standard InChI is InChI=1S/C15H14ClN3O2S2/c1-9-14(22-8-7-17)23-15(18-9)19-13(20)10(2)21-12-5-3-11(16)4-6-12/h3-6,10H,8H2,1-2H3,(H,18,19,20). The maximum atomic E-state index is 12.2. The van der Waals surface area contributed by atoms with Gasteiger partial charge in [-0.25, -0.2) is 4.98 Å². The third-order valence-corrected chi connectivity index (χ3v) is 5.30. The molecule has 8 heteroatoms. The Balaban J connectivity index is 1.95. The van der Waals surface area contributed by atoms with Crippen molar-refractivity contribution in [1.82, 2.24) is 4.98 Å². The highest BCUT2D eigenvalue weighted by Gasteiger charge is 2.17. The van der Waals surface area contributed by atoms with Crippen molar-refractivity contribution in [2.45, 2.75) is 24.2 Å². The highest BCUT2D eigenvalue weighted by Crippen LogP contribution is 2.31. The average Bonchev–Trinajstić information content (AvgIpc) is 2.87. The molecule has 2 rings (SSSR count). The van der Waals surface area contributed by atoms with E-state index in [1.54, 1.807) is 31.2 Å². The zero-order valence-electron chi connectivity index (χ0n) is 12.5. The highest BCUT2D eigenvalue weighted by atomic mass is 35.5. The minimum atomic E-state index is -0.671. The quantitative estimate of drug-likeness (QED) is 0.777. The van der Waals surface area contributed by atoms with Crippen molar-refractivity contribution in [3.63, 3.8) is 0 Å². The van der Waals surface area contributed by atoms with Crippen molar-refractivity contribution in [2.75, 3.05) is 11.1 Å². The summed E-state index contributed by atoms with van der Waals surface area (Å²) in [6.45, 7) is 3.51. The summed E-state index contributed by atoms with van der Waals surface area (Å²) in [6.07, 6.45) is -0.671. The van der Waals surface area contributed by atoms with E-state index >= 15 is 0 Å². The summed E-state index contributed by atoms with van der Waals surface area (Å²) in [7, 11) is 0. The number of anilines is 1. The number of amides is 1. The fraction of sp³-hybridized carbons (Fsp3) is 0.267. The van der Waals surface area contributed by atoms with E-state index in [9.17, 15) is 4.79 Å². The highest BCUT2D eigenvalue weighted by molar-refractivity contribution is 8.01. The first-order chi connectivity index (χ1) is 11.0. The summed E-state index contributed by atoms with van der Waals surface area (Å²) in [6, 6.07) is 8.87. The van der Waals surface area contributed by atoms with Crippen molar-refractivity contribution in [3.05, 3.63) is 35.0 Å². The molecule has 1 aromatic heterocycles. The van der Waals surface area contributed by atoms with Gasteiger partial charge in [0.15, 0.2) is 11.2 Å². The van der Waals surface area contributed by atoms with Crippen LogP contribution in [0.2, 0.25) is 5.02 Å². The van der Waals surface area contributed by atoms with Gasteiger partial charge < -0.3 is 4.74 Å². The monoisotopic (exact) mass is 367 g/mol. The predicted molar refractivity (Wildman–Crippen MR) is 93.4 cm³/mol. The largest absolute Gasteiger partial charge is 0.481 e. The summed E-state index contributed by atoms with van der Waals surface area (Å²) in [5.74, 6) is 0.634. The number of rotatable bonds is 6. The first kappa shape index (κ1) is 17.6. The van der Waals surface area contributed by atoms with Gasteiger partial charge in [-0.2, -0.15) is 5.26 Å². The van der Waals surface area contributed by atoms with E-state index in [-0.39, 0.29) is 5.91 Å². The first-order valence-electron chi connectivity index (χ1n) is 6.70. The van der Waals surface area contributed by atoms with E-state index in [4.69, 9.17) is 21.6 Å². The molecular weight excluding hydrogens is 354 g/mol. The Morgan fingerprint density at radius 2 is 2.22 bits per heavy atom. The Morgan fingerprint density at radius 1 is 1.52 bits per heavy atom. The molecule has 120 valence electrons. The van der Waals surface area contributed by atoms with Crippen LogP contribution in [0.1, 0.15) is 12.6 Å². The molecule has 23 heavy (non-hydrogen) atoms. The second kappa shape index (κ2) is 8.20. The van der Waals surface area contributed by atoms with Gasteiger partial charge in [0.05, 0.1) is 21.7 Å². The van der Waals surface area contributed by atoms with Crippen LogP contribution >= 0.6 is 34.7 Å². The number of carbonyl (C=O) groups excluding carboxylic acids is 1. The average molecular weight is 368 g/mol. The molecule has 0 spiro atoms. The zero-order valence-corrected chi connectivity index (χ0v) is 14.9. The fourth-order valence-corrected chi connectivity index (χ4v) is 3.57. The van der Waals surface area contributed by atoms with Crippen molar-refractivity contribution < 1.29 is 9.53 Å². The summed E-state index contributed by atoms with van der Waals surface area (Å²) in [4.78, 5) is 16.5. The number of nitrogens with one attached hydrogen (secondary N) is 1. The van der Waals surface area contributed by atoms with Gasteiger partial charge >= 0.3 is 0 Å². The van der Waals surface area contributed by atoms with Crippen LogP contribution in [0.5, 0.6) is 5.75 Å². The van der Waals surface area contributed by atoms with Crippen LogP contribution in [-0.2, 0) is 4.79 Å². The van der Waals surface area contributed by atoms with Gasteiger partial charge in [-0.05, 0) is 38.1 Å². The Kier molecular flexibility index (Phi) is 6.28. The summed E-state index contributed by atoms with van der Waals surface area (Å²) in [5, 5.41) is 12.5. The van der Waals surface area contributed by atoms with Crippen LogP contribution in [0, 0.1) is 18.3 Å². The van der Waals surface area contributed by atoms with E-state index in [1.807, 2.05) is 6.92 Å². The van der Waals surface area contributed by atoms with Gasteiger partial charge in [-0.1, -0.05) is 34.7 Å². The molecule has 0 aliphatic heterocycles. The van der Waals surface area contributed by atoms with Crippen molar-refractivity contribution >= 4 is 45.7 Å². The van der Waals surface area contributed by atoms with Crippen molar-refractivity contribution in [3.8, 4) is 11.8 Å². The first-order valence-corrected chi connectivity index (χ1v) is 8.88. The molecule has 1 unspecified atom stereocenters. The minimum Gasteiger partial charge on any atom is -0.481 e. The summed E-state index contributed by atoms with van der Waals surface area (Å²) < 4.78 is 6.49. The lowest BCUT2D eigenvalue weighted by atomic mass is 10.3. The Hall–Kier alpha value is -1.75. The van der Waals surface area contributed by atoms with Gasteiger partial charge in [0.2, 0.25) is 0 Å². The van der Waals surface area contributed by atoms with Crippen LogP contribution in [0.3, 0.4) is 0 Å². The SMILES string of the molecule is Cc1nc(NC(=O)C(C)Oc2ccc(Cl)cc2)sc1SCC#N. The Morgan fingerprint density at radius 3 is 2.87 bits per heavy atom. The van der Waals surface area contributed by atoms with Crippen molar-refractivity contribution in [1.29, 1.82) is 5.26 Å². The molecule has 0 radical (unpaired) electrons.